The van der Waals surface area contributed by atoms with E-state index in [1.54, 1.807) is 11.9 Å². The van der Waals surface area contributed by atoms with E-state index in [4.69, 9.17) is 0 Å². The van der Waals surface area contributed by atoms with Gasteiger partial charge in [0.15, 0.2) is 0 Å². The Morgan fingerprint density at radius 1 is 1.10 bits per heavy atom. The molecule has 0 aliphatic carbocycles. The second-order valence-electron chi connectivity index (χ2n) is 7.75. The highest BCUT2D eigenvalue weighted by Gasteiger charge is 2.30. The molecule has 5 nitrogen and oxygen atoms in total. The first-order valence-corrected chi connectivity index (χ1v) is 10.8. The van der Waals surface area contributed by atoms with E-state index in [1.165, 1.54) is 0 Å². The van der Waals surface area contributed by atoms with Crippen molar-refractivity contribution in [3.8, 4) is 0 Å². The normalized spacial score (nSPS) is 15.6. The molecule has 3 rings (SSSR count). The van der Waals surface area contributed by atoms with Crippen LogP contribution in [0, 0.1) is 5.92 Å². The van der Waals surface area contributed by atoms with Gasteiger partial charge in [-0.2, -0.15) is 0 Å². The number of carbonyl (C=O) groups excluding carboxylic acids is 2. The molecule has 1 heterocycles. The Morgan fingerprint density at radius 2 is 1.72 bits per heavy atom. The number of likely N-dealkylation sites (tertiary alicyclic amines) is 1. The van der Waals surface area contributed by atoms with Crippen molar-refractivity contribution in [1.29, 1.82) is 0 Å². The summed E-state index contributed by atoms with van der Waals surface area (Å²) in [6, 6.07) is 16.3. The minimum absolute atomic E-state index is 0.0364. The molecule has 0 radical (unpaired) electrons. The maximum atomic E-state index is 13.3. The van der Waals surface area contributed by atoms with Crippen LogP contribution in [0.2, 0.25) is 0 Å². The molecule has 0 aromatic heterocycles. The molecular formula is C23H28BrN3O2. The molecule has 3 amide bonds. The molecule has 1 aliphatic rings. The molecule has 1 aliphatic heterocycles. The number of hydrogen-bond donors (Lipinski definition) is 1. The molecule has 29 heavy (non-hydrogen) atoms. The number of hydrogen-bond acceptors (Lipinski definition) is 2. The van der Waals surface area contributed by atoms with Gasteiger partial charge in [-0.15, -0.1) is 0 Å². The Labute approximate surface area is 181 Å². The lowest BCUT2D eigenvalue weighted by molar-refractivity contribution is -0.134. The predicted molar refractivity (Wildman–Crippen MR) is 118 cm³/mol. The van der Waals surface area contributed by atoms with Gasteiger partial charge in [0.2, 0.25) is 5.91 Å². The fourth-order valence-corrected chi connectivity index (χ4v) is 3.94. The Kier molecular flexibility index (Phi) is 7.31. The topological polar surface area (TPSA) is 52.7 Å². The lowest BCUT2D eigenvalue weighted by atomic mass is 9.97. The highest BCUT2D eigenvalue weighted by Crippen LogP contribution is 2.22. The molecule has 1 N–H and O–H groups in total. The number of piperidine rings is 1. The number of carbonyl (C=O) groups is 2. The minimum atomic E-state index is -0.682. The zero-order chi connectivity index (χ0) is 20.8. The van der Waals surface area contributed by atoms with Gasteiger partial charge < -0.3 is 15.1 Å². The third kappa shape index (κ3) is 5.60. The standard InChI is InChI=1S/C23H28BrN3O2/c1-17-12-14-27(15-13-17)22(28)21(18-8-4-3-5-9-18)25-23(29)26(2)16-19-10-6-7-11-20(19)24/h3-11,17,21H,12-16H2,1-2H3,(H,25,29)/t21-/m1/s1. The summed E-state index contributed by atoms with van der Waals surface area (Å²) in [7, 11) is 1.74. The SMILES string of the molecule is CC1CCN(C(=O)[C@H](NC(=O)N(C)Cc2ccccc2Br)c2ccccc2)CC1. The number of amides is 3. The van der Waals surface area contributed by atoms with Crippen LogP contribution in [0.15, 0.2) is 59.1 Å². The Bertz CT molecular complexity index is 835. The van der Waals surface area contributed by atoms with Crippen LogP contribution in [0.5, 0.6) is 0 Å². The summed E-state index contributed by atoms with van der Waals surface area (Å²) in [5.41, 5.74) is 1.82. The van der Waals surface area contributed by atoms with Gasteiger partial charge >= 0.3 is 6.03 Å². The van der Waals surface area contributed by atoms with E-state index in [9.17, 15) is 9.59 Å². The Morgan fingerprint density at radius 3 is 2.38 bits per heavy atom. The molecular weight excluding hydrogens is 430 g/mol. The number of nitrogens with zero attached hydrogens (tertiary/aromatic N) is 2. The van der Waals surface area contributed by atoms with Gasteiger partial charge in [0, 0.05) is 31.2 Å². The smallest absolute Gasteiger partial charge is 0.318 e. The zero-order valence-corrected chi connectivity index (χ0v) is 18.6. The highest BCUT2D eigenvalue weighted by molar-refractivity contribution is 9.10. The van der Waals surface area contributed by atoms with Gasteiger partial charge in [0.25, 0.3) is 0 Å². The van der Waals surface area contributed by atoms with Crippen LogP contribution in [0.1, 0.15) is 36.9 Å². The quantitative estimate of drug-likeness (QED) is 0.713. The summed E-state index contributed by atoms with van der Waals surface area (Å²) < 4.78 is 0.956. The molecule has 0 spiro atoms. The molecule has 1 saturated heterocycles. The number of rotatable bonds is 5. The van der Waals surface area contributed by atoms with Crippen molar-refractivity contribution >= 4 is 27.9 Å². The summed E-state index contributed by atoms with van der Waals surface area (Å²) in [5.74, 6) is 0.602. The van der Waals surface area contributed by atoms with Crippen LogP contribution < -0.4 is 5.32 Å². The van der Waals surface area contributed by atoms with E-state index in [0.717, 1.165) is 41.5 Å². The van der Waals surface area contributed by atoms with Gasteiger partial charge in [0.05, 0.1) is 0 Å². The van der Waals surface area contributed by atoms with Crippen molar-refractivity contribution in [2.45, 2.75) is 32.4 Å². The summed E-state index contributed by atoms with van der Waals surface area (Å²) in [6.07, 6.45) is 2.01. The maximum Gasteiger partial charge on any atom is 0.318 e. The third-order valence-electron chi connectivity index (χ3n) is 5.46. The van der Waals surface area contributed by atoms with Gasteiger partial charge in [-0.3, -0.25) is 4.79 Å². The van der Waals surface area contributed by atoms with Crippen molar-refractivity contribution in [3.63, 3.8) is 0 Å². The molecule has 1 fully saturated rings. The van der Waals surface area contributed by atoms with Crippen LogP contribution in [0.3, 0.4) is 0 Å². The summed E-state index contributed by atoms with van der Waals surface area (Å²) in [4.78, 5) is 29.7. The largest absolute Gasteiger partial charge is 0.341 e. The van der Waals surface area contributed by atoms with E-state index in [2.05, 4.69) is 28.2 Å². The van der Waals surface area contributed by atoms with E-state index < -0.39 is 6.04 Å². The van der Waals surface area contributed by atoms with Gasteiger partial charge in [-0.25, -0.2) is 4.79 Å². The van der Waals surface area contributed by atoms with E-state index in [-0.39, 0.29) is 11.9 Å². The highest BCUT2D eigenvalue weighted by atomic mass is 79.9. The minimum Gasteiger partial charge on any atom is -0.341 e. The Balaban J connectivity index is 1.73. The van der Waals surface area contributed by atoms with E-state index in [1.807, 2.05) is 59.5 Å². The van der Waals surface area contributed by atoms with Gasteiger partial charge in [-0.1, -0.05) is 71.4 Å². The number of halogens is 1. The average Bonchev–Trinajstić information content (AvgIpc) is 2.74. The predicted octanol–water partition coefficient (Wildman–Crippen LogP) is 4.59. The fraction of sp³-hybridized carbons (Fsp3) is 0.391. The lowest BCUT2D eigenvalue weighted by Crippen LogP contribution is -2.48. The van der Waals surface area contributed by atoms with Crippen LogP contribution in [0.4, 0.5) is 4.79 Å². The molecule has 2 aromatic rings. The Hall–Kier alpha value is -2.34. The molecule has 0 saturated carbocycles. The molecule has 6 heteroatoms. The molecule has 0 bridgehead atoms. The number of benzene rings is 2. The number of nitrogens with one attached hydrogen (secondary N) is 1. The molecule has 1 atom stereocenters. The third-order valence-corrected chi connectivity index (χ3v) is 6.23. The second-order valence-corrected chi connectivity index (χ2v) is 8.60. The lowest BCUT2D eigenvalue weighted by Gasteiger charge is -2.34. The van der Waals surface area contributed by atoms with E-state index >= 15 is 0 Å². The second kappa shape index (κ2) is 9.92. The van der Waals surface area contributed by atoms with Crippen molar-refractivity contribution in [1.82, 2.24) is 15.1 Å². The first-order chi connectivity index (χ1) is 14.0. The molecule has 0 unspecified atom stereocenters. The average molecular weight is 458 g/mol. The van der Waals surface area contributed by atoms with Crippen LogP contribution in [-0.2, 0) is 11.3 Å². The fourth-order valence-electron chi connectivity index (χ4n) is 3.53. The zero-order valence-electron chi connectivity index (χ0n) is 17.0. The summed E-state index contributed by atoms with van der Waals surface area (Å²) >= 11 is 3.52. The first-order valence-electron chi connectivity index (χ1n) is 10.0. The van der Waals surface area contributed by atoms with Crippen molar-refractivity contribution in [3.05, 3.63) is 70.2 Å². The van der Waals surface area contributed by atoms with Gasteiger partial charge in [-0.05, 0) is 36.0 Å². The van der Waals surface area contributed by atoms with Crippen LogP contribution in [0.25, 0.3) is 0 Å². The van der Waals surface area contributed by atoms with Crippen LogP contribution >= 0.6 is 15.9 Å². The van der Waals surface area contributed by atoms with Crippen molar-refractivity contribution in [2.75, 3.05) is 20.1 Å². The molecule has 154 valence electrons. The van der Waals surface area contributed by atoms with Gasteiger partial charge in [0.1, 0.15) is 6.04 Å². The first kappa shape index (κ1) is 21.4. The number of urea groups is 1. The van der Waals surface area contributed by atoms with Crippen molar-refractivity contribution in [2.24, 2.45) is 5.92 Å². The maximum absolute atomic E-state index is 13.3. The summed E-state index contributed by atoms with van der Waals surface area (Å²) in [5, 5.41) is 2.96. The molecule has 2 aromatic carbocycles. The monoisotopic (exact) mass is 457 g/mol. The van der Waals surface area contributed by atoms with Crippen LogP contribution in [-0.4, -0.2) is 41.9 Å². The van der Waals surface area contributed by atoms with E-state index in [0.29, 0.717) is 12.5 Å². The summed E-state index contributed by atoms with van der Waals surface area (Å²) in [6.45, 7) is 4.15. The van der Waals surface area contributed by atoms with Crippen molar-refractivity contribution < 1.29 is 9.59 Å².